The van der Waals surface area contributed by atoms with Crippen molar-refractivity contribution in [3.8, 4) is 0 Å². The van der Waals surface area contributed by atoms with Crippen LogP contribution in [0.25, 0.3) is 10.9 Å². The summed E-state index contributed by atoms with van der Waals surface area (Å²) < 4.78 is 7.15. The minimum absolute atomic E-state index is 0.0267. The Hall–Kier alpha value is -3.22. The second kappa shape index (κ2) is 7.19. The number of benzene rings is 1. The topological polar surface area (TPSA) is 86.1 Å². The van der Waals surface area contributed by atoms with E-state index in [0.717, 1.165) is 22.3 Å². The van der Waals surface area contributed by atoms with E-state index in [-0.39, 0.29) is 18.3 Å². The first-order valence-corrected chi connectivity index (χ1v) is 8.60. The van der Waals surface area contributed by atoms with Gasteiger partial charge in [0.05, 0.1) is 23.6 Å². The zero-order valence-electron chi connectivity index (χ0n) is 15.8. The van der Waals surface area contributed by atoms with Gasteiger partial charge < -0.3 is 14.6 Å². The van der Waals surface area contributed by atoms with Crippen molar-refractivity contribution in [2.75, 3.05) is 5.32 Å². The molecule has 0 saturated carbocycles. The Bertz CT molecular complexity index is 988. The summed E-state index contributed by atoms with van der Waals surface area (Å²) in [6.45, 7) is 7.01. The van der Waals surface area contributed by atoms with E-state index < -0.39 is 5.60 Å². The SMILES string of the molecule is CC(=O)c1cn(CC(=O)OC(C)(C)C)c2cc(Nc3cncnc3)ccc12. The first kappa shape index (κ1) is 18.6. The standard InChI is InChI=1S/C20H22N4O3/c1-13(25)17-10-24(11-19(26)27-20(2,3)4)18-7-14(5-6-16(17)18)23-15-8-21-12-22-9-15/h5-10,12,23H,11H2,1-4H3. The van der Waals surface area contributed by atoms with Gasteiger partial charge >= 0.3 is 5.97 Å². The monoisotopic (exact) mass is 366 g/mol. The van der Waals surface area contributed by atoms with Crippen molar-refractivity contribution >= 4 is 34.0 Å². The molecule has 1 N–H and O–H groups in total. The fraction of sp³-hybridized carbons (Fsp3) is 0.300. The largest absolute Gasteiger partial charge is 0.459 e. The number of Topliss-reactive ketones (excluding diaryl/α,β-unsaturated/α-hetero) is 1. The molecule has 0 aliphatic heterocycles. The molecule has 2 heterocycles. The van der Waals surface area contributed by atoms with Crippen LogP contribution < -0.4 is 5.32 Å². The molecule has 0 atom stereocenters. The lowest BCUT2D eigenvalue weighted by atomic mass is 10.1. The van der Waals surface area contributed by atoms with Gasteiger partial charge in [-0.1, -0.05) is 6.07 Å². The number of carbonyl (C=O) groups is 2. The van der Waals surface area contributed by atoms with Crippen molar-refractivity contribution in [3.63, 3.8) is 0 Å². The highest BCUT2D eigenvalue weighted by Crippen LogP contribution is 2.27. The number of nitrogens with zero attached hydrogens (tertiary/aromatic N) is 3. The van der Waals surface area contributed by atoms with E-state index in [2.05, 4.69) is 15.3 Å². The molecule has 0 saturated heterocycles. The van der Waals surface area contributed by atoms with E-state index in [1.165, 1.54) is 13.3 Å². The number of esters is 1. The van der Waals surface area contributed by atoms with Crippen LogP contribution in [0.5, 0.6) is 0 Å². The van der Waals surface area contributed by atoms with E-state index >= 15 is 0 Å². The Morgan fingerprint density at radius 3 is 2.48 bits per heavy atom. The number of aromatic nitrogens is 3. The second-order valence-electron chi connectivity index (χ2n) is 7.30. The van der Waals surface area contributed by atoms with Crippen molar-refractivity contribution < 1.29 is 14.3 Å². The molecule has 140 valence electrons. The minimum Gasteiger partial charge on any atom is -0.459 e. The van der Waals surface area contributed by atoms with Gasteiger partial charge in [0, 0.05) is 22.8 Å². The van der Waals surface area contributed by atoms with E-state index in [0.29, 0.717) is 5.56 Å². The first-order chi connectivity index (χ1) is 12.7. The molecule has 7 heteroatoms. The van der Waals surface area contributed by atoms with Gasteiger partial charge in [0.2, 0.25) is 0 Å². The van der Waals surface area contributed by atoms with Crippen LogP contribution in [0.3, 0.4) is 0 Å². The van der Waals surface area contributed by atoms with Gasteiger partial charge in [0.1, 0.15) is 18.5 Å². The maximum Gasteiger partial charge on any atom is 0.326 e. The predicted octanol–water partition coefficient (Wildman–Crippen LogP) is 3.72. The summed E-state index contributed by atoms with van der Waals surface area (Å²) in [6, 6.07) is 5.63. The number of ether oxygens (including phenoxy) is 1. The summed E-state index contributed by atoms with van der Waals surface area (Å²) in [5, 5.41) is 4.01. The Kier molecular flexibility index (Phi) is 4.94. The lowest BCUT2D eigenvalue weighted by Gasteiger charge is -2.19. The molecule has 3 aromatic rings. The second-order valence-corrected chi connectivity index (χ2v) is 7.30. The first-order valence-electron chi connectivity index (χ1n) is 8.60. The molecule has 0 bridgehead atoms. The minimum atomic E-state index is -0.566. The average Bonchev–Trinajstić information content (AvgIpc) is 2.92. The van der Waals surface area contributed by atoms with Crippen LogP contribution in [0.4, 0.5) is 11.4 Å². The summed E-state index contributed by atoms with van der Waals surface area (Å²) in [7, 11) is 0. The third-order valence-electron chi connectivity index (χ3n) is 3.83. The summed E-state index contributed by atoms with van der Waals surface area (Å²) in [5.41, 5.74) is 2.32. The van der Waals surface area contributed by atoms with Crippen LogP contribution in [0.15, 0.2) is 43.1 Å². The molecule has 0 aliphatic rings. The maximum atomic E-state index is 12.3. The lowest BCUT2D eigenvalue weighted by Crippen LogP contribution is -2.26. The van der Waals surface area contributed by atoms with Crippen molar-refractivity contribution in [2.45, 2.75) is 39.8 Å². The van der Waals surface area contributed by atoms with Crippen molar-refractivity contribution in [1.29, 1.82) is 0 Å². The Labute approximate surface area is 157 Å². The highest BCUT2D eigenvalue weighted by Gasteiger charge is 2.19. The molecule has 0 spiro atoms. The number of hydrogen-bond donors (Lipinski definition) is 1. The Morgan fingerprint density at radius 2 is 1.85 bits per heavy atom. The highest BCUT2D eigenvalue weighted by atomic mass is 16.6. The van der Waals surface area contributed by atoms with Gasteiger partial charge in [-0.15, -0.1) is 0 Å². The number of rotatable bonds is 5. The summed E-state index contributed by atoms with van der Waals surface area (Å²) in [6.07, 6.45) is 6.49. The molecule has 0 radical (unpaired) electrons. The number of fused-ring (bicyclic) bond motifs is 1. The molecule has 27 heavy (non-hydrogen) atoms. The molecular weight excluding hydrogens is 344 g/mol. The third-order valence-corrected chi connectivity index (χ3v) is 3.83. The summed E-state index contributed by atoms with van der Waals surface area (Å²) >= 11 is 0. The van der Waals surface area contributed by atoms with E-state index in [4.69, 9.17) is 4.74 Å². The van der Waals surface area contributed by atoms with E-state index in [1.807, 2.05) is 39.0 Å². The lowest BCUT2D eigenvalue weighted by molar-refractivity contribution is -0.155. The van der Waals surface area contributed by atoms with Crippen molar-refractivity contribution in [1.82, 2.24) is 14.5 Å². The fourth-order valence-corrected chi connectivity index (χ4v) is 2.82. The molecule has 3 rings (SSSR count). The van der Waals surface area contributed by atoms with Crippen LogP contribution in [0.2, 0.25) is 0 Å². The van der Waals surface area contributed by atoms with Crippen LogP contribution in [-0.4, -0.2) is 31.9 Å². The van der Waals surface area contributed by atoms with Gasteiger partial charge in [-0.25, -0.2) is 9.97 Å². The predicted molar refractivity (Wildman–Crippen MR) is 103 cm³/mol. The van der Waals surface area contributed by atoms with Gasteiger partial charge in [0.15, 0.2) is 5.78 Å². The van der Waals surface area contributed by atoms with Crippen molar-refractivity contribution in [3.05, 3.63) is 48.7 Å². The number of nitrogens with one attached hydrogen (secondary N) is 1. The molecule has 0 fully saturated rings. The molecule has 7 nitrogen and oxygen atoms in total. The molecule has 0 unspecified atom stereocenters. The van der Waals surface area contributed by atoms with Crippen LogP contribution in [0, 0.1) is 0 Å². The Morgan fingerprint density at radius 1 is 1.15 bits per heavy atom. The molecule has 0 aliphatic carbocycles. The molecule has 2 aromatic heterocycles. The summed E-state index contributed by atoms with van der Waals surface area (Å²) in [5.74, 6) is -0.413. The number of hydrogen-bond acceptors (Lipinski definition) is 6. The Balaban J connectivity index is 1.97. The van der Waals surface area contributed by atoms with Gasteiger partial charge in [-0.05, 0) is 39.8 Å². The zero-order valence-corrected chi connectivity index (χ0v) is 15.8. The fourth-order valence-electron chi connectivity index (χ4n) is 2.82. The van der Waals surface area contributed by atoms with Crippen LogP contribution in [-0.2, 0) is 16.1 Å². The molecule has 0 amide bonds. The zero-order chi connectivity index (χ0) is 19.6. The highest BCUT2D eigenvalue weighted by molar-refractivity contribution is 6.07. The van der Waals surface area contributed by atoms with Gasteiger partial charge in [-0.2, -0.15) is 0 Å². The van der Waals surface area contributed by atoms with Gasteiger partial charge in [-0.3, -0.25) is 9.59 Å². The van der Waals surface area contributed by atoms with Gasteiger partial charge in [0.25, 0.3) is 0 Å². The smallest absolute Gasteiger partial charge is 0.326 e. The summed E-state index contributed by atoms with van der Waals surface area (Å²) in [4.78, 5) is 32.2. The average molecular weight is 366 g/mol. The van der Waals surface area contributed by atoms with E-state index in [1.54, 1.807) is 23.2 Å². The van der Waals surface area contributed by atoms with Crippen molar-refractivity contribution in [2.24, 2.45) is 0 Å². The third kappa shape index (κ3) is 4.49. The molecular formula is C20H22N4O3. The number of anilines is 2. The van der Waals surface area contributed by atoms with Crippen LogP contribution >= 0.6 is 0 Å². The number of ketones is 1. The normalized spacial score (nSPS) is 11.4. The van der Waals surface area contributed by atoms with Crippen LogP contribution in [0.1, 0.15) is 38.1 Å². The molecule has 1 aromatic carbocycles. The van der Waals surface area contributed by atoms with E-state index in [9.17, 15) is 9.59 Å². The maximum absolute atomic E-state index is 12.3. The number of carbonyl (C=O) groups excluding carboxylic acids is 2. The quantitative estimate of drug-likeness (QED) is 0.547.